The van der Waals surface area contributed by atoms with Crippen LogP contribution in [0.4, 0.5) is 4.79 Å². The lowest BCUT2D eigenvalue weighted by atomic mass is 10.1. The topological polar surface area (TPSA) is 75.6 Å². The van der Waals surface area contributed by atoms with Crippen molar-refractivity contribution in [1.29, 1.82) is 0 Å². The van der Waals surface area contributed by atoms with Crippen molar-refractivity contribution in [3.05, 3.63) is 35.9 Å². The van der Waals surface area contributed by atoms with Crippen molar-refractivity contribution in [1.82, 2.24) is 5.32 Å². The van der Waals surface area contributed by atoms with Crippen LogP contribution in [0.1, 0.15) is 12.0 Å². The molecular formula is C14H19NO4S. The van der Waals surface area contributed by atoms with Gasteiger partial charge >= 0.3 is 12.1 Å². The van der Waals surface area contributed by atoms with E-state index in [2.05, 4.69) is 5.32 Å². The third kappa shape index (κ3) is 6.47. The number of hydrogen-bond donors (Lipinski definition) is 2. The van der Waals surface area contributed by atoms with E-state index in [-0.39, 0.29) is 6.42 Å². The molecule has 0 bridgehead atoms. The van der Waals surface area contributed by atoms with Crippen molar-refractivity contribution in [2.24, 2.45) is 0 Å². The number of nitrogens with one attached hydrogen (secondary N) is 1. The minimum Gasteiger partial charge on any atom is -0.480 e. The molecule has 0 unspecified atom stereocenters. The van der Waals surface area contributed by atoms with Crippen molar-refractivity contribution in [3.8, 4) is 0 Å². The highest BCUT2D eigenvalue weighted by atomic mass is 32.2. The molecular weight excluding hydrogens is 278 g/mol. The Hall–Kier alpha value is -1.69. The molecule has 0 aliphatic carbocycles. The molecule has 1 rings (SSSR count). The molecule has 0 fully saturated rings. The zero-order chi connectivity index (χ0) is 14.8. The van der Waals surface area contributed by atoms with Crippen LogP contribution in [0.3, 0.4) is 0 Å². The molecule has 1 aromatic carbocycles. The molecule has 0 saturated carbocycles. The molecule has 0 heterocycles. The SMILES string of the molecule is CSCCCOC(=O)N[C@@H](Cc1ccccc1)C(=O)O. The first kappa shape index (κ1) is 16.4. The van der Waals surface area contributed by atoms with Crippen LogP contribution >= 0.6 is 11.8 Å². The maximum absolute atomic E-state index is 11.5. The molecule has 0 aliphatic rings. The van der Waals surface area contributed by atoms with E-state index in [1.165, 1.54) is 0 Å². The number of ether oxygens (including phenoxy) is 1. The standard InChI is InChI=1S/C14H19NO4S/c1-20-9-5-8-19-14(18)15-12(13(16)17)10-11-6-3-2-4-7-11/h2-4,6-7,12H,5,8-10H2,1H3,(H,15,18)(H,16,17)/t12-/m0/s1. The number of hydrogen-bond acceptors (Lipinski definition) is 4. The molecule has 2 N–H and O–H groups in total. The van der Waals surface area contributed by atoms with Crippen molar-refractivity contribution in [3.63, 3.8) is 0 Å². The Morgan fingerprint density at radius 2 is 2.05 bits per heavy atom. The van der Waals surface area contributed by atoms with E-state index in [9.17, 15) is 9.59 Å². The van der Waals surface area contributed by atoms with Crippen molar-refractivity contribution < 1.29 is 19.4 Å². The van der Waals surface area contributed by atoms with Gasteiger partial charge in [0.1, 0.15) is 6.04 Å². The molecule has 0 aromatic heterocycles. The highest BCUT2D eigenvalue weighted by Gasteiger charge is 2.20. The van der Waals surface area contributed by atoms with Crippen molar-refractivity contribution in [2.75, 3.05) is 18.6 Å². The molecule has 0 radical (unpaired) electrons. The molecule has 1 aromatic rings. The van der Waals surface area contributed by atoms with Crippen LogP contribution in [-0.2, 0) is 16.0 Å². The normalized spacial score (nSPS) is 11.7. The number of carboxylic acid groups (broad SMARTS) is 1. The van der Waals surface area contributed by atoms with Crippen molar-refractivity contribution >= 4 is 23.8 Å². The Morgan fingerprint density at radius 1 is 1.35 bits per heavy atom. The second-order valence-corrected chi connectivity index (χ2v) is 5.19. The second kappa shape index (κ2) is 9.25. The van der Waals surface area contributed by atoms with Crippen LogP contribution < -0.4 is 5.32 Å². The Balaban J connectivity index is 2.43. The number of carboxylic acids is 1. The summed E-state index contributed by atoms with van der Waals surface area (Å²) in [5, 5.41) is 11.5. The molecule has 1 amide bonds. The monoisotopic (exact) mass is 297 g/mol. The fraction of sp³-hybridized carbons (Fsp3) is 0.429. The summed E-state index contributed by atoms with van der Waals surface area (Å²) in [5.74, 6) is -0.172. The van der Waals surface area contributed by atoms with Gasteiger partial charge in [-0.05, 0) is 24.0 Å². The summed E-state index contributed by atoms with van der Waals surface area (Å²) in [6.07, 6.45) is 2.27. The number of rotatable bonds is 8. The van der Waals surface area contributed by atoms with Gasteiger partial charge in [0, 0.05) is 6.42 Å². The molecule has 0 saturated heterocycles. The number of alkyl carbamates (subject to hydrolysis) is 1. The number of amides is 1. The molecule has 110 valence electrons. The highest BCUT2D eigenvalue weighted by Crippen LogP contribution is 2.04. The van der Waals surface area contributed by atoms with E-state index in [1.54, 1.807) is 11.8 Å². The van der Waals surface area contributed by atoms with Gasteiger partial charge in [0.25, 0.3) is 0 Å². The smallest absolute Gasteiger partial charge is 0.407 e. The number of carbonyl (C=O) groups is 2. The first-order valence-electron chi connectivity index (χ1n) is 6.32. The van der Waals surface area contributed by atoms with E-state index in [4.69, 9.17) is 9.84 Å². The third-order valence-corrected chi connectivity index (χ3v) is 3.30. The van der Waals surface area contributed by atoms with Crippen LogP contribution in [0.25, 0.3) is 0 Å². The Morgan fingerprint density at radius 3 is 2.65 bits per heavy atom. The van der Waals surface area contributed by atoms with Gasteiger partial charge in [-0.3, -0.25) is 0 Å². The van der Waals surface area contributed by atoms with E-state index in [0.717, 1.165) is 17.7 Å². The fourth-order valence-corrected chi connectivity index (χ4v) is 2.01. The van der Waals surface area contributed by atoms with Gasteiger partial charge in [-0.15, -0.1) is 0 Å². The van der Waals surface area contributed by atoms with Gasteiger partial charge < -0.3 is 15.2 Å². The molecule has 0 spiro atoms. The van der Waals surface area contributed by atoms with Gasteiger partial charge in [0.05, 0.1) is 6.61 Å². The van der Waals surface area contributed by atoms with E-state index in [1.807, 2.05) is 36.6 Å². The van der Waals surface area contributed by atoms with Gasteiger partial charge in [-0.2, -0.15) is 11.8 Å². The van der Waals surface area contributed by atoms with Crippen LogP contribution in [-0.4, -0.2) is 41.8 Å². The average molecular weight is 297 g/mol. The first-order chi connectivity index (χ1) is 9.63. The zero-order valence-electron chi connectivity index (χ0n) is 11.4. The quantitative estimate of drug-likeness (QED) is 0.719. The maximum atomic E-state index is 11.5. The first-order valence-corrected chi connectivity index (χ1v) is 7.72. The molecule has 1 atom stereocenters. The summed E-state index contributed by atoms with van der Waals surface area (Å²) in [4.78, 5) is 22.6. The largest absolute Gasteiger partial charge is 0.480 e. The predicted molar refractivity (Wildman–Crippen MR) is 79.1 cm³/mol. The van der Waals surface area contributed by atoms with Crippen molar-refractivity contribution in [2.45, 2.75) is 18.9 Å². The second-order valence-electron chi connectivity index (χ2n) is 4.21. The summed E-state index contributed by atoms with van der Waals surface area (Å²) in [7, 11) is 0. The zero-order valence-corrected chi connectivity index (χ0v) is 12.2. The summed E-state index contributed by atoms with van der Waals surface area (Å²) in [6.45, 7) is 0.296. The Kier molecular flexibility index (Phi) is 7.57. The maximum Gasteiger partial charge on any atom is 0.407 e. The number of thioether (sulfide) groups is 1. The Labute approximate surface area is 122 Å². The summed E-state index contributed by atoms with van der Waals surface area (Å²) in [5.41, 5.74) is 0.850. The predicted octanol–water partition coefficient (Wildman–Crippen LogP) is 2.16. The molecule has 0 aliphatic heterocycles. The lowest BCUT2D eigenvalue weighted by Crippen LogP contribution is -2.42. The van der Waals surface area contributed by atoms with Crippen LogP contribution in [0, 0.1) is 0 Å². The summed E-state index contributed by atoms with van der Waals surface area (Å²) >= 11 is 1.67. The minimum atomic E-state index is -1.07. The lowest BCUT2D eigenvalue weighted by molar-refractivity contribution is -0.139. The fourth-order valence-electron chi connectivity index (χ4n) is 1.60. The molecule has 20 heavy (non-hydrogen) atoms. The number of benzene rings is 1. The van der Waals surface area contributed by atoms with Gasteiger partial charge in [-0.25, -0.2) is 9.59 Å². The van der Waals surface area contributed by atoms with Gasteiger partial charge in [0.2, 0.25) is 0 Å². The Bertz CT molecular complexity index is 424. The number of carbonyl (C=O) groups excluding carboxylic acids is 1. The van der Waals surface area contributed by atoms with Gasteiger partial charge in [-0.1, -0.05) is 30.3 Å². The van der Waals surface area contributed by atoms with Crippen LogP contribution in [0.2, 0.25) is 0 Å². The summed E-state index contributed by atoms with van der Waals surface area (Å²) in [6, 6.07) is 8.17. The molecule has 5 nitrogen and oxygen atoms in total. The van der Waals surface area contributed by atoms with Crippen LogP contribution in [0.5, 0.6) is 0 Å². The summed E-state index contributed by atoms with van der Waals surface area (Å²) < 4.78 is 4.94. The van der Waals surface area contributed by atoms with Crippen LogP contribution in [0.15, 0.2) is 30.3 Å². The number of aliphatic carboxylic acids is 1. The van der Waals surface area contributed by atoms with E-state index >= 15 is 0 Å². The third-order valence-electron chi connectivity index (χ3n) is 2.60. The average Bonchev–Trinajstić information content (AvgIpc) is 2.44. The van der Waals surface area contributed by atoms with Gasteiger partial charge in [0.15, 0.2) is 0 Å². The highest BCUT2D eigenvalue weighted by molar-refractivity contribution is 7.98. The van der Waals surface area contributed by atoms with E-state index in [0.29, 0.717) is 6.61 Å². The minimum absolute atomic E-state index is 0.232. The lowest BCUT2D eigenvalue weighted by Gasteiger charge is -2.14. The van der Waals surface area contributed by atoms with E-state index < -0.39 is 18.1 Å². The molecule has 6 heteroatoms.